The van der Waals surface area contributed by atoms with Crippen molar-refractivity contribution in [1.29, 1.82) is 0 Å². The largest absolute Gasteiger partial charge is 0.326 e. The Labute approximate surface area is 183 Å². The van der Waals surface area contributed by atoms with E-state index < -0.39 is 10.8 Å². The summed E-state index contributed by atoms with van der Waals surface area (Å²) in [4.78, 5) is 39.4. The van der Waals surface area contributed by atoms with Crippen LogP contribution in [0.5, 0.6) is 0 Å². The van der Waals surface area contributed by atoms with E-state index >= 15 is 0 Å². The van der Waals surface area contributed by atoms with Crippen LogP contribution in [0.15, 0.2) is 58.5 Å². The van der Waals surface area contributed by atoms with Crippen LogP contribution < -0.4 is 16.2 Å². The molecule has 0 fully saturated rings. The zero-order valence-electron chi connectivity index (χ0n) is 17.4. The summed E-state index contributed by atoms with van der Waals surface area (Å²) >= 11 is 1.14. The first-order valence-corrected chi connectivity index (χ1v) is 10.6. The molecular formula is C22H23N5O3S. The van der Waals surface area contributed by atoms with Gasteiger partial charge in [0.15, 0.2) is 10.9 Å². The average molecular weight is 438 g/mol. The molecule has 3 rings (SSSR count). The quantitative estimate of drug-likeness (QED) is 0.486. The smallest absolute Gasteiger partial charge is 0.278 e. The van der Waals surface area contributed by atoms with Crippen molar-refractivity contribution in [1.82, 2.24) is 15.2 Å². The highest BCUT2D eigenvalue weighted by Gasteiger charge is 2.21. The molecule has 0 saturated heterocycles. The third kappa shape index (κ3) is 5.79. The van der Waals surface area contributed by atoms with Crippen molar-refractivity contribution >= 4 is 35.0 Å². The monoisotopic (exact) mass is 437 g/mol. The highest BCUT2D eigenvalue weighted by atomic mass is 32.2. The minimum Gasteiger partial charge on any atom is -0.326 e. The van der Waals surface area contributed by atoms with E-state index in [4.69, 9.17) is 0 Å². The molecule has 0 aliphatic heterocycles. The summed E-state index contributed by atoms with van der Waals surface area (Å²) in [6, 6.07) is 14.4. The molecule has 3 aromatic rings. The SMILES string of the molecule is CC[C@H](Sc1nnc(-c2ccccc2NC(C)=O)c(=O)[nH]1)C(=O)Nc1cccc(C)c1. The van der Waals surface area contributed by atoms with Crippen molar-refractivity contribution in [2.24, 2.45) is 0 Å². The number of carbonyl (C=O) groups is 2. The van der Waals surface area contributed by atoms with Crippen molar-refractivity contribution in [2.75, 3.05) is 10.6 Å². The van der Waals surface area contributed by atoms with Gasteiger partial charge in [-0.2, -0.15) is 0 Å². The van der Waals surface area contributed by atoms with Gasteiger partial charge < -0.3 is 10.6 Å². The van der Waals surface area contributed by atoms with E-state index in [1.807, 2.05) is 38.1 Å². The van der Waals surface area contributed by atoms with Crippen LogP contribution in [0.25, 0.3) is 11.3 Å². The van der Waals surface area contributed by atoms with Crippen molar-refractivity contribution in [3.8, 4) is 11.3 Å². The lowest BCUT2D eigenvalue weighted by atomic mass is 10.1. The van der Waals surface area contributed by atoms with Gasteiger partial charge in [0, 0.05) is 18.2 Å². The lowest BCUT2D eigenvalue weighted by Gasteiger charge is -2.14. The fourth-order valence-electron chi connectivity index (χ4n) is 2.94. The van der Waals surface area contributed by atoms with Gasteiger partial charge in [-0.05, 0) is 37.1 Å². The maximum atomic E-state index is 12.7. The van der Waals surface area contributed by atoms with Crippen LogP contribution in [0.1, 0.15) is 25.8 Å². The number of nitrogens with one attached hydrogen (secondary N) is 3. The van der Waals surface area contributed by atoms with Crippen LogP contribution in [0.2, 0.25) is 0 Å². The molecule has 0 spiro atoms. The third-order valence-corrected chi connectivity index (χ3v) is 5.61. The molecule has 3 N–H and O–H groups in total. The van der Waals surface area contributed by atoms with Gasteiger partial charge in [0.05, 0.1) is 10.9 Å². The van der Waals surface area contributed by atoms with E-state index in [2.05, 4.69) is 25.8 Å². The highest BCUT2D eigenvalue weighted by Crippen LogP contribution is 2.26. The molecule has 160 valence electrons. The van der Waals surface area contributed by atoms with Gasteiger partial charge >= 0.3 is 0 Å². The number of thioether (sulfide) groups is 1. The summed E-state index contributed by atoms with van der Waals surface area (Å²) in [5.74, 6) is -0.435. The van der Waals surface area contributed by atoms with Crippen molar-refractivity contribution < 1.29 is 9.59 Å². The number of para-hydroxylation sites is 1. The Morgan fingerprint density at radius 3 is 2.55 bits per heavy atom. The summed E-state index contributed by atoms with van der Waals surface area (Å²) in [5.41, 5.74) is 2.33. The fraction of sp³-hybridized carbons (Fsp3) is 0.227. The average Bonchev–Trinajstić information content (AvgIpc) is 2.72. The third-order valence-electron chi connectivity index (χ3n) is 4.37. The molecule has 0 bridgehead atoms. The van der Waals surface area contributed by atoms with Gasteiger partial charge in [-0.1, -0.05) is 49.0 Å². The maximum Gasteiger partial charge on any atom is 0.278 e. The first-order valence-electron chi connectivity index (χ1n) is 9.75. The minimum absolute atomic E-state index is 0.0889. The molecule has 31 heavy (non-hydrogen) atoms. The molecule has 0 unspecified atom stereocenters. The maximum absolute atomic E-state index is 12.7. The zero-order chi connectivity index (χ0) is 22.4. The first kappa shape index (κ1) is 22.2. The van der Waals surface area contributed by atoms with Crippen LogP contribution in [0.3, 0.4) is 0 Å². The summed E-state index contributed by atoms with van der Waals surface area (Å²) < 4.78 is 0. The number of carbonyl (C=O) groups excluding carboxylic acids is 2. The van der Waals surface area contributed by atoms with Crippen LogP contribution in [-0.4, -0.2) is 32.2 Å². The van der Waals surface area contributed by atoms with Gasteiger partial charge in [-0.3, -0.25) is 19.4 Å². The first-order chi connectivity index (χ1) is 14.9. The predicted molar refractivity (Wildman–Crippen MR) is 122 cm³/mol. The van der Waals surface area contributed by atoms with Gasteiger partial charge in [-0.25, -0.2) is 0 Å². The summed E-state index contributed by atoms with van der Waals surface area (Å²) in [6.07, 6.45) is 0.541. The van der Waals surface area contributed by atoms with Crippen LogP contribution >= 0.6 is 11.8 Å². The van der Waals surface area contributed by atoms with E-state index in [1.54, 1.807) is 24.3 Å². The molecule has 9 heteroatoms. The lowest BCUT2D eigenvalue weighted by molar-refractivity contribution is -0.116. The zero-order valence-corrected chi connectivity index (χ0v) is 18.2. The summed E-state index contributed by atoms with van der Waals surface area (Å²) in [6.45, 7) is 5.23. The summed E-state index contributed by atoms with van der Waals surface area (Å²) in [5, 5.41) is 13.5. The van der Waals surface area contributed by atoms with Crippen LogP contribution in [0, 0.1) is 6.92 Å². The van der Waals surface area contributed by atoms with E-state index in [-0.39, 0.29) is 22.7 Å². The minimum atomic E-state index is -0.456. The Morgan fingerprint density at radius 1 is 1.10 bits per heavy atom. The Balaban J connectivity index is 1.79. The molecule has 2 aromatic carbocycles. The number of hydrogen-bond acceptors (Lipinski definition) is 6. The normalized spacial score (nSPS) is 11.6. The molecule has 8 nitrogen and oxygen atoms in total. The van der Waals surface area contributed by atoms with Crippen LogP contribution in [-0.2, 0) is 9.59 Å². The van der Waals surface area contributed by atoms with Gasteiger partial charge in [0.2, 0.25) is 11.8 Å². The molecule has 0 aliphatic rings. The number of anilines is 2. The second kappa shape index (κ2) is 10.0. The molecule has 0 saturated carbocycles. The number of benzene rings is 2. The van der Waals surface area contributed by atoms with E-state index in [1.165, 1.54) is 6.92 Å². The molecule has 0 radical (unpaired) electrons. The molecule has 1 aromatic heterocycles. The standard InChI is InChI=1S/C22H23N5O3S/c1-4-18(20(29)24-15-9-7-8-13(2)12-15)31-22-25-21(30)19(26-27-22)16-10-5-6-11-17(16)23-14(3)28/h5-12,18H,4H2,1-3H3,(H,23,28)(H,24,29)(H,25,27,30)/t18-/m0/s1. The van der Waals surface area contributed by atoms with Crippen LogP contribution in [0.4, 0.5) is 11.4 Å². The Bertz CT molecular complexity index is 1160. The van der Waals surface area contributed by atoms with Gasteiger partial charge in [-0.15, -0.1) is 10.2 Å². The Morgan fingerprint density at radius 2 is 1.87 bits per heavy atom. The molecule has 1 heterocycles. The number of rotatable bonds is 7. The van der Waals surface area contributed by atoms with Crippen molar-refractivity contribution in [2.45, 2.75) is 37.6 Å². The highest BCUT2D eigenvalue weighted by molar-refractivity contribution is 8.00. The molecule has 1 atom stereocenters. The fourth-order valence-corrected chi connectivity index (χ4v) is 3.78. The molecule has 0 aliphatic carbocycles. The van der Waals surface area contributed by atoms with E-state index in [0.717, 1.165) is 17.3 Å². The predicted octanol–water partition coefficient (Wildman–Crippen LogP) is 3.61. The second-order valence-electron chi connectivity index (χ2n) is 6.91. The Hall–Kier alpha value is -3.46. The van der Waals surface area contributed by atoms with Gasteiger partial charge in [0.25, 0.3) is 5.56 Å². The number of amides is 2. The molecule has 2 amide bonds. The Kier molecular flexibility index (Phi) is 7.19. The second-order valence-corrected chi connectivity index (χ2v) is 8.10. The van der Waals surface area contributed by atoms with Gasteiger partial charge in [0.1, 0.15) is 0 Å². The number of aromatic amines is 1. The lowest BCUT2D eigenvalue weighted by Crippen LogP contribution is -2.25. The number of hydrogen-bond donors (Lipinski definition) is 3. The van der Waals surface area contributed by atoms with E-state index in [0.29, 0.717) is 23.4 Å². The van der Waals surface area contributed by atoms with Crippen molar-refractivity contribution in [3.63, 3.8) is 0 Å². The topological polar surface area (TPSA) is 117 Å². The van der Waals surface area contributed by atoms with E-state index in [9.17, 15) is 14.4 Å². The summed E-state index contributed by atoms with van der Waals surface area (Å²) in [7, 11) is 0. The molecular weight excluding hydrogens is 414 g/mol. The van der Waals surface area contributed by atoms with Crippen molar-refractivity contribution in [3.05, 3.63) is 64.4 Å². The number of aryl methyl sites for hydroxylation is 1. The number of nitrogens with zero attached hydrogens (tertiary/aromatic N) is 2. The number of aromatic nitrogens is 3. The number of H-pyrrole nitrogens is 1.